The second-order valence-electron chi connectivity index (χ2n) is 10.9. The van der Waals surface area contributed by atoms with Crippen LogP contribution in [-0.2, 0) is 29.4 Å². The molecular weight excluding hydrogens is 516 g/mol. The Morgan fingerprint density at radius 2 is 1.76 bits per heavy atom. The number of amides is 2. The summed E-state index contributed by atoms with van der Waals surface area (Å²) in [6.45, 7) is 4.67. The molecule has 3 aromatic rings. The van der Waals surface area contributed by atoms with Gasteiger partial charge in [-0.25, -0.2) is 0 Å². The number of benzene rings is 2. The molecular formula is C33H44N4O4. The number of carbonyl (C=O) groups is 2. The van der Waals surface area contributed by atoms with E-state index in [4.69, 9.17) is 9.47 Å². The van der Waals surface area contributed by atoms with E-state index in [0.717, 1.165) is 42.5 Å². The second kappa shape index (κ2) is 15.4. The molecule has 1 aliphatic rings. The molecule has 1 atom stereocenters. The van der Waals surface area contributed by atoms with Crippen LogP contribution in [0.5, 0.6) is 5.75 Å². The zero-order chi connectivity index (χ0) is 29.0. The van der Waals surface area contributed by atoms with Crippen LogP contribution in [-0.4, -0.2) is 77.4 Å². The van der Waals surface area contributed by atoms with Crippen LogP contribution in [0.1, 0.15) is 59.3 Å². The molecule has 0 fully saturated rings. The summed E-state index contributed by atoms with van der Waals surface area (Å²) in [7, 11) is 3.57. The smallest absolute Gasteiger partial charge is 0.257 e. The van der Waals surface area contributed by atoms with Crippen LogP contribution in [0.2, 0.25) is 0 Å². The molecule has 2 aromatic carbocycles. The minimum absolute atomic E-state index is 0.0471. The molecule has 0 aliphatic carbocycles. The molecule has 4 rings (SSSR count). The standard InChI is InChI=1S/C33H44N4O4/c1-26-28(24-35(2)34-26)17-18-32(38)37-20-12-5-4-11-19-36(21-22-40-3)33(39)30-15-9-10-16-31(30)41-25-29(37)23-27-13-7-6-8-14-27/h6-10,13-16,24,29H,4-5,11-12,17-23,25H2,1-3H3/t29-/m0/s1. The molecule has 2 heterocycles. The molecule has 8 heteroatoms. The van der Waals surface area contributed by atoms with Gasteiger partial charge in [0.1, 0.15) is 12.4 Å². The number of nitrogens with zero attached hydrogens (tertiary/aromatic N) is 4. The minimum atomic E-state index is -0.171. The van der Waals surface area contributed by atoms with Crippen LogP contribution in [0, 0.1) is 6.92 Å². The molecule has 0 bridgehead atoms. The maximum Gasteiger partial charge on any atom is 0.257 e. The molecule has 41 heavy (non-hydrogen) atoms. The van der Waals surface area contributed by atoms with Gasteiger partial charge in [0.2, 0.25) is 5.91 Å². The average molecular weight is 561 g/mol. The topological polar surface area (TPSA) is 76.9 Å². The highest BCUT2D eigenvalue weighted by atomic mass is 16.5. The summed E-state index contributed by atoms with van der Waals surface area (Å²) in [6.07, 6.45) is 7.55. The third kappa shape index (κ3) is 8.67. The number of carbonyl (C=O) groups excluding carboxylic acids is 2. The van der Waals surface area contributed by atoms with Crippen LogP contribution < -0.4 is 4.74 Å². The van der Waals surface area contributed by atoms with Gasteiger partial charge in [0, 0.05) is 46.4 Å². The maximum atomic E-state index is 13.8. The van der Waals surface area contributed by atoms with Crippen LogP contribution in [0.15, 0.2) is 60.8 Å². The van der Waals surface area contributed by atoms with Crippen molar-refractivity contribution in [1.29, 1.82) is 0 Å². The Balaban J connectivity index is 1.60. The van der Waals surface area contributed by atoms with Gasteiger partial charge < -0.3 is 19.3 Å². The maximum absolute atomic E-state index is 13.8. The van der Waals surface area contributed by atoms with E-state index in [1.165, 1.54) is 0 Å². The number of aryl methyl sites for hydroxylation is 3. The summed E-state index contributed by atoms with van der Waals surface area (Å²) < 4.78 is 13.5. The first-order valence-corrected chi connectivity index (χ1v) is 14.8. The summed E-state index contributed by atoms with van der Waals surface area (Å²) in [4.78, 5) is 31.4. The fourth-order valence-electron chi connectivity index (χ4n) is 5.52. The number of para-hydroxylation sites is 1. The zero-order valence-corrected chi connectivity index (χ0v) is 24.8. The van der Waals surface area contributed by atoms with Crippen LogP contribution in [0.25, 0.3) is 0 Å². The number of rotatable bonds is 8. The van der Waals surface area contributed by atoms with Gasteiger partial charge in [-0.05, 0) is 55.9 Å². The largest absolute Gasteiger partial charge is 0.491 e. The molecule has 0 radical (unpaired) electrons. The van der Waals surface area contributed by atoms with Crippen molar-refractivity contribution in [2.45, 2.75) is 57.9 Å². The third-order valence-corrected chi connectivity index (χ3v) is 7.78. The van der Waals surface area contributed by atoms with Gasteiger partial charge in [0.25, 0.3) is 5.91 Å². The molecule has 1 aliphatic heterocycles. The molecule has 2 amide bonds. The van der Waals surface area contributed by atoms with Crippen molar-refractivity contribution < 1.29 is 19.1 Å². The highest BCUT2D eigenvalue weighted by molar-refractivity contribution is 5.97. The Hall–Kier alpha value is -3.65. The summed E-state index contributed by atoms with van der Waals surface area (Å²) in [5, 5.41) is 4.44. The Bertz CT molecular complexity index is 1260. The Labute approximate surface area is 244 Å². The molecule has 0 spiro atoms. The fraction of sp³-hybridized carbons (Fsp3) is 0.485. The number of aromatic nitrogens is 2. The van der Waals surface area contributed by atoms with Crippen molar-refractivity contribution in [3.63, 3.8) is 0 Å². The van der Waals surface area contributed by atoms with Gasteiger partial charge in [-0.15, -0.1) is 0 Å². The van der Waals surface area contributed by atoms with Gasteiger partial charge in [-0.2, -0.15) is 5.10 Å². The number of hydrogen-bond acceptors (Lipinski definition) is 5. The van der Waals surface area contributed by atoms with Gasteiger partial charge in [-0.1, -0.05) is 55.3 Å². The number of fused-ring (bicyclic) bond motifs is 1. The molecule has 0 saturated carbocycles. The van der Waals surface area contributed by atoms with Gasteiger partial charge >= 0.3 is 0 Å². The number of methoxy groups -OCH3 is 1. The van der Waals surface area contributed by atoms with E-state index in [-0.39, 0.29) is 17.9 Å². The lowest BCUT2D eigenvalue weighted by atomic mass is 10.0. The third-order valence-electron chi connectivity index (χ3n) is 7.78. The quantitative estimate of drug-likeness (QED) is 0.394. The normalized spacial score (nSPS) is 17.0. The molecule has 8 nitrogen and oxygen atoms in total. The van der Waals surface area contributed by atoms with Gasteiger partial charge in [0.05, 0.1) is 23.9 Å². The lowest BCUT2D eigenvalue weighted by molar-refractivity contribution is -0.134. The van der Waals surface area contributed by atoms with Crippen molar-refractivity contribution >= 4 is 11.8 Å². The fourth-order valence-corrected chi connectivity index (χ4v) is 5.52. The number of hydrogen-bond donors (Lipinski definition) is 0. The Morgan fingerprint density at radius 3 is 2.49 bits per heavy atom. The van der Waals surface area contributed by atoms with E-state index < -0.39 is 0 Å². The van der Waals surface area contributed by atoms with E-state index in [9.17, 15) is 9.59 Å². The van der Waals surface area contributed by atoms with Crippen molar-refractivity contribution in [2.24, 2.45) is 7.05 Å². The Kier molecular flexibility index (Phi) is 11.4. The SMILES string of the molecule is COCCN1CCCCCCN(C(=O)CCc2cn(C)nc2C)[C@@H](Cc2ccccc2)COc2ccccc2C1=O. The van der Waals surface area contributed by atoms with Crippen molar-refractivity contribution in [2.75, 3.05) is 40.0 Å². The molecule has 220 valence electrons. The summed E-state index contributed by atoms with van der Waals surface area (Å²) in [5.74, 6) is 0.627. The Morgan fingerprint density at radius 1 is 1.02 bits per heavy atom. The lowest BCUT2D eigenvalue weighted by Gasteiger charge is -2.33. The lowest BCUT2D eigenvalue weighted by Crippen LogP contribution is -2.46. The molecule has 0 unspecified atom stereocenters. The first-order valence-electron chi connectivity index (χ1n) is 14.8. The summed E-state index contributed by atoms with van der Waals surface area (Å²) in [6, 6.07) is 17.5. The van der Waals surface area contributed by atoms with E-state index in [0.29, 0.717) is 63.4 Å². The molecule has 0 saturated heterocycles. The monoisotopic (exact) mass is 560 g/mol. The van der Waals surface area contributed by atoms with Crippen molar-refractivity contribution in [3.8, 4) is 5.75 Å². The molecule has 0 N–H and O–H groups in total. The van der Waals surface area contributed by atoms with E-state index >= 15 is 0 Å². The van der Waals surface area contributed by atoms with Crippen molar-refractivity contribution in [3.05, 3.63) is 83.2 Å². The van der Waals surface area contributed by atoms with Crippen LogP contribution in [0.4, 0.5) is 0 Å². The predicted molar refractivity (Wildman–Crippen MR) is 160 cm³/mol. The molecule has 1 aromatic heterocycles. The van der Waals surface area contributed by atoms with E-state index in [2.05, 4.69) is 17.2 Å². The zero-order valence-electron chi connectivity index (χ0n) is 24.8. The summed E-state index contributed by atoms with van der Waals surface area (Å²) >= 11 is 0. The minimum Gasteiger partial charge on any atom is -0.491 e. The van der Waals surface area contributed by atoms with E-state index in [1.807, 2.05) is 72.4 Å². The predicted octanol–water partition coefficient (Wildman–Crippen LogP) is 4.84. The van der Waals surface area contributed by atoms with E-state index in [1.54, 1.807) is 11.8 Å². The number of ether oxygens (including phenoxy) is 2. The average Bonchev–Trinajstić information content (AvgIpc) is 3.31. The van der Waals surface area contributed by atoms with Gasteiger partial charge in [0.15, 0.2) is 0 Å². The van der Waals surface area contributed by atoms with Gasteiger partial charge in [-0.3, -0.25) is 14.3 Å². The first kappa shape index (κ1) is 30.3. The summed E-state index contributed by atoms with van der Waals surface area (Å²) in [5.41, 5.74) is 3.76. The second-order valence-corrected chi connectivity index (χ2v) is 10.9. The highest BCUT2D eigenvalue weighted by Crippen LogP contribution is 2.23. The highest BCUT2D eigenvalue weighted by Gasteiger charge is 2.27. The van der Waals surface area contributed by atoms with Crippen LogP contribution in [0.3, 0.4) is 0 Å². The van der Waals surface area contributed by atoms with Crippen molar-refractivity contribution in [1.82, 2.24) is 19.6 Å². The van der Waals surface area contributed by atoms with Crippen LogP contribution >= 0.6 is 0 Å². The first-order chi connectivity index (χ1) is 20.0.